The fourth-order valence-corrected chi connectivity index (χ4v) is 4.81. The Morgan fingerprint density at radius 2 is 1.58 bits per heavy atom. The molecule has 0 spiro atoms. The van der Waals surface area contributed by atoms with E-state index in [2.05, 4.69) is 39.1 Å². The van der Waals surface area contributed by atoms with Gasteiger partial charge in [-0.3, -0.25) is 0 Å². The number of nitrogens with zero attached hydrogens (tertiary/aromatic N) is 3. The van der Waals surface area contributed by atoms with Crippen LogP contribution in [0.4, 0.5) is 5.82 Å². The molecule has 0 bridgehead atoms. The minimum Gasteiger partial charge on any atom is -0.462 e. The smallest absolute Gasteiger partial charge is 0.348 e. The van der Waals surface area contributed by atoms with E-state index in [9.17, 15) is 4.79 Å². The topological polar surface area (TPSA) is 55.3 Å². The van der Waals surface area contributed by atoms with Crippen molar-refractivity contribution >= 4 is 44.9 Å². The molecule has 2 heterocycles. The third-order valence-electron chi connectivity index (χ3n) is 4.94. The van der Waals surface area contributed by atoms with Crippen LogP contribution < -0.4 is 4.90 Å². The molecule has 0 saturated carbocycles. The SMILES string of the molecule is CCOC(=O)c1sc2nc(Cl)nc(N(Cc3ccccc3)Cc3ccccc3)c2c1C. The number of anilines is 1. The third-order valence-corrected chi connectivity index (χ3v) is 6.27. The number of carbonyl (C=O) groups is 1. The molecule has 0 atom stereocenters. The Morgan fingerprint density at radius 3 is 2.13 bits per heavy atom. The molecule has 5 nitrogen and oxygen atoms in total. The summed E-state index contributed by atoms with van der Waals surface area (Å²) in [4.78, 5) is 24.9. The van der Waals surface area contributed by atoms with Gasteiger partial charge in [0.05, 0.1) is 12.0 Å². The van der Waals surface area contributed by atoms with E-state index in [4.69, 9.17) is 16.3 Å². The van der Waals surface area contributed by atoms with Crippen LogP contribution in [0.15, 0.2) is 60.7 Å². The summed E-state index contributed by atoms with van der Waals surface area (Å²) < 4.78 is 5.24. The average Bonchev–Trinajstić information content (AvgIpc) is 3.10. The van der Waals surface area contributed by atoms with Gasteiger partial charge in [0, 0.05) is 13.1 Å². The highest BCUT2D eigenvalue weighted by atomic mass is 35.5. The number of benzene rings is 2. The van der Waals surface area contributed by atoms with Crippen molar-refractivity contribution in [3.8, 4) is 0 Å². The van der Waals surface area contributed by atoms with Gasteiger partial charge in [-0.1, -0.05) is 60.7 Å². The van der Waals surface area contributed by atoms with Crippen molar-refractivity contribution in [1.82, 2.24) is 9.97 Å². The molecule has 0 radical (unpaired) electrons. The number of hydrogen-bond donors (Lipinski definition) is 0. The first-order chi connectivity index (χ1) is 15.1. The fraction of sp³-hybridized carbons (Fsp3) is 0.208. The lowest BCUT2D eigenvalue weighted by molar-refractivity contribution is 0.0531. The Kier molecular flexibility index (Phi) is 6.49. The van der Waals surface area contributed by atoms with Gasteiger partial charge in [0.1, 0.15) is 15.5 Å². The van der Waals surface area contributed by atoms with Crippen LogP contribution in [0, 0.1) is 6.92 Å². The van der Waals surface area contributed by atoms with E-state index >= 15 is 0 Å². The number of rotatable bonds is 7. The number of hydrogen-bond acceptors (Lipinski definition) is 6. The highest BCUT2D eigenvalue weighted by Crippen LogP contribution is 2.37. The van der Waals surface area contributed by atoms with Crippen molar-refractivity contribution in [2.24, 2.45) is 0 Å². The van der Waals surface area contributed by atoms with Gasteiger partial charge in [-0.15, -0.1) is 11.3 Å². The number of aryl methyl sites for hydroxylation is 1. The zero-order valence-electron chi connectivity index (χ0n) is 17.3. The van der Waals surface area contributed by atoms with E-state index in [1.54, 1.807) is 6.92 Å². The minimum absolute atomic E-state index is 0.158. The summed E-state index contributed by atoms with van der Waals surface area (Å²) >= 11 is 7.61. The summed E-state index contributed by atoms with van der Waals surface area (Å²) in [6, 6.07) is 20.4. The Morgan fingerprint density at radius 1 is 1.00 bits per heavy atom. The second kappa shape index (κ2) is 9.45. The Labute approximate surface area is 190 Å². The maximum atomic E-state index is 12.5. The molecule has 31 heavy (non-hydrogen) atoms. The maximum absolute atomic E-state index is 12.5. The number of esters is 1. The Balaban J connectivity index is 1.84. The van der Waals surface area contributed by atoms with E-state index in [1.165, 1.54) is 11.3 Å². The molecule has 4 rings (SSSR count). The van der Waals surface area contributed by atoms with Gasteiger partial charge < -0.3 is 9.64 Å². The summed E-state index contributed by atoms with van der Waals surface area (Å²) in [6.07, 6.45) is 0. The molecule has 7 heteroatoms. The van der Waals surface area contributed by atoms with Crippen molar-refractivity contribution in [3.05, 3.63) is 87.5 Å². The predicted molar refractivity (Wildman–Crippen MR) is 126 cm³/mol. The van der Waals surface area contributed by atoms with Crippen LogP contribution in [0.5, 0.6) is 0 Å². The molecule has 0 amide bonds. The largest absolute Gasteiger partial charge is 0.462 e. The van der Waals surface area contributed by atoms with Crippen molar-refractivity contribution in [2.45, 2.75) is 26.9 Å². The Bertz CT molecular complexity index is 1150. The zero-order valence-corrected chi connectivity index (χ0v) is 18.9. The van der Waals surface area contributed by atoms with Gasteiger partial charge in [-0.05, 0) is 42.1 Å². The van der Waals surface area contributed by atoms with E-state index in [-0.39, 0.29) is 11.3 Å². The highest BCUT2D eigenvalue weighted by Gasteiger charge is 2.24. The van der Waals surface area contributed by atoms with E-state index in [0.717, 1.165) is 22.1 Å². The number of fused-ring (bicyclic) bond motifs is 1. The van der Waals surface area contributed by atoms with Crippen molar-refractivity contribution < 1.29 is 9.53 Å². The van der Waals surface area contributed by atoms with Crippen LogP contribution in [0.1, 0.15) is 33.3 Å². The van der Waals surface area contributed by atoms with Gasteiger partial charge >= 0.3 is 5.97 Å². The van der Waals surface area contributed by atoms with Crippen LogP contribution >= 0.6 is 22.9 Å². The maximum Gasteiger partial charge on any atom is 0.348 e. The summed E-state index contributed by atoms with van der Waals surface area (Å²) in [5, 5.41) is 0.995. The zero-order chi connectivity index (χ0) is 21.8. The molecule has 2 aromatic carbocycles. The first-order valence-corrected chi connectivity index (χ1v) is 11.2. The van der Waals surface area contributed by atoms with Crippen molar-refractivity contribution in [1.29, 1.82) is 0 Å². The lowest BCUT2D eigenvalue weighted by Gasteiger charge is -2.25. The standard InChI is InChI=1S/C24H22ClN3O2S/c1-3-30-23(29)20-16(2)19-21(26-24(25)27-22(19)31-20)28(14-17-10-6-4-7-11-17)15-18-12-8-5-9-13-18/h4-13H,3,14-15H2,1-2H3. The molecule has 0 aliphatic heterocycles. The summed E-state index contributed by atoms with van der Waals surface area (Å²) in [6.45, 7) is 5.31. The fourth-order valence-electron chi connectivity index (χ4n) is 3.53. The number of halogens is 1. The van der Waals surface area contributed by atoms with Crippen LogP contribution in [-0.4, -0.2) is 22.5 Å². The van der Waals surface area contributed by atoms with Crippen LogP contribution in [0.2, 0.25) is 5.28 Å². The van der Waals surface area contributed by atoms with Gasteiger partial charge in [-0.2, -0.15) is 4.98 Å². The van der Waals surface area contributed by atoms with E-state index in [1.807, 2.05) is 43.3 Å². The monoisotopic (exact) mass is 451 g/mol. The molecule has 158 valence electrons. The molecule has 0 aliphatic carbocycles. The molecule has 2 aromatic heterocycles. The van der Waals surface area contributed by atoms with E-state index < -0.39 is 0 Å². The average molecular weight is 452 g/mol. The minimum atomic E-state index is -0.345. The molecule has 4 aromatic rings. The molecule has 0 N–H and O–H groups in total. The van der Waals surface area contributed by atoms with Crippen LogP contribution in [0.3, 0.4) is 0 Å². The number of carbonyl (C=O) groups excluding carboxylic acids is 1. The van der Waals surface area contributed by atoms with E-state index in [0.29, 0.717) is 35.2 Å². The third kappa shape index (κ3) is 4.70. The quantitative estimate of drug-likeness (QED) is 0.253. The predicted octanol–water partition coefficient (Wildman–Crippen LogP) is 6.04. The highest BCUT2D eigenvalue weighted by molar-refractivity contribution is 7.20. The number of aromatic nitrogens is 2. The van der Waals surface area contributed by atoms with Crippen molar-refractivity contribution in [3.63, 3.8) is 0 Å². The molecule has 0 saturated heterocycles. The van der Waals surface area contributed by atoms with Gasteiger partial charge in [0.15, 0.2) is 0 Å². The number of thiophene rings is 1. The van der Waals surface area contributed by atoms with Crippen LogP contribution in [0.25, 0.3) is 10.2 Å². The summed E-state index contributed by atoms with van der Waals surface area (Å²) in [5.41, 5.74) is 3.12. The van der Waals surface area contributed by atoms with Gasteiger partial charge in [-0.25, -0.2) is 9.78 Å². The molecule has 0 fully saturated rings. The second-order valence-corrected chi connectivity index (χ2v) is 8.44. The molecular weight excluding hydrogens is 430 g/mol. The first kappa shape index (κ1) is 21.3. The van der Waals surface area contributed by atoms with Crippen LogP contribution in [-0.2, 0) is 17.8 Å². The molecular formula is C24H22ClN3O2S. The summed E-state index contributed by atoms with van der Waals surface area (Å²) in [5.74, 6) is 0.370. The molecule has 0 unspecified atom stereocenters. The lowest BCUT2D eigenvalue weighted by Crippen LogP contribution is -2.23. The molecule has 0 aliphatic rings. The lowest BCUT2D eigenvalue weighted by atomic mass is 10.1. The normalized spacial score (nSPS) is 10.9. The van der Waals surface area contributed by atoms with Gasteiger partial charge in [0.2, 0.25) is 5.28 Å². The second-order valence-electron chi connectivity index (χ2n) is 7.10. The summed E-state index contributed by atoms with van der Waals surface area (Å²) in [7, 11) is 0. The Hall–Kier alpha value is -2.96. The first-order valence-electron chi connectivity index (χ1n) is 10.0. The number of ether oxygens (including phenoxy) is 1. The van der Waals surface area contributed by atoms with Crippen molar-refractivity contribution in [2.75, 3.05) is 11.5 Å². The van der Waals surface area contributed by atoms with Gasteiger partial charge in [0.25, 0.3) is 0 Å².